The van der Waals surface area contributed by atoms with Crippen molar-refractivity contribution >= 4 is 10.0 Å². The summed E-state index contributed by atoms with van der Waals surface area (Å²) in [5.74, 6) is 0. The third-order valence-corrected chi connectivity index (χ3v) is 5.75. The van der Waals surface area contributed by atoms with Gasteiger partial charge in [-0.3, -0.25) is 0 Å². The Labute approximate surface area is 123 Å². The van der Waals surface area contributed by atoms with Crippen LogP contribution in [0.15, 0.2) is 47.5 Å². The van der Waals surface area contributed by atoms with Crippen LogP contribution in [0.3, 0.4) is 0 Å². The van der Waals surface area contributed by atoms with Gasteiger partial charge in [-0.2, -0.15) is 9.57 Å². The summed E-state index contributed by atoms with van der Waals surface area (Å²) < 4.78 is 27.3. The van der Waals surface area contributed by atoms with Crippen molar-refractivity contribution < 1.29 is 8.42 Å². The normalized spacial score (nSPS) is 19.5. The van der Waals surface area contributed by atoms with Crippen molar-refractivity contribution in [3.8, 4) is 6.07 Å². The SMILES string of the molecule is N#Cc1ccccc1S(=O)(=O)N1CCCC1c1ccc[nH]1. The molecule has 1 atom stereocenters. The summed E-state index contributed by atoms with van der Waals surface area (Å²) in [5, 5.41) is 9.14. The zero-order chi connectivity index (χ0) is 14.9. The molecule has 108 valence electrons. The molecular weight excluding hydrogens is 286 g/mol. The van der Waals surface area contributed by atoms with Crippen molar-refractivity contribution in [2.45, 2.75) is 23.8 Å². The quantitative estimate of drug-likeness (QED) is 0.945. The van der Waals surface area contributed by atoms with Crippen LogP contribution in [0.25, 0.3) is 0 Å². The molecule has 0 saturated carbocycles. The van der Waals surface area contributed by atoms with E-state index in [1.165, 1.54) is 16.4 Å². The van der Waals surface area contributed by atoms with Gasteiger partial charge in [-0.15, -0.1) is 0 Å². The summed E-state index contributed by atoms with van der Waals surface area (Å²) in [7, 11) is -3.67. The highest BCUT2D eigenvalue weighted by Crippen LogP contribution is 2.36. The number of nitriles is 1. The number of hydrogen-bond acceptors (Lipinski definition) is 3. The molecule has 1 aliphatic rings. The van der Waals surface area contributed by atoms with Gasteiger partial charge in [0, 0.05) is 18.4 Å². The number of benzene rings is 1. The van der Waals surface area contributed by atoms with Crippen LogP contribution in [-0.2, 0) is 10.0 Å². The predicted molar refractivity (Wildman–Crippen MR) is 77.8 cm³/mol. The average Bonchev–Trinajstić information content (AvgIpc) is 3.17. The molecule has 1 N–H and O–H groups in total. The molecule has 1 unspecified atom stereocenters. The minimum Gasteiger partial charge on any atom is -0.364 e. The molecule has 0 radical (unpaired) electrons. The summed E-state index contributed by atoms with van der Waals surface area (Å²) in [4.78, 5) is 3.18. The minimum absolute atomic E-state index is 0.0888. The van der Waals surface area contributed by atoms with Gasteiger partial charge in [0.2, 0.25) is 10.0 Å². The van der Waals surface area contributed by atoms with Gasteiger partial charge >= 0.3 is 0 Å². The van der Waals surface area contributed by atoms with Gasteiger partial charge in [-0.1, -0.05) is 12.1 Å². The van der Waals surface area contributed by atoms with E-state index in [-0.39, 0.29) is 16.5 Å². The van der Waals surface area contributed by atoms with E-state index < -0.39 is 10.0 Å². The van der Waals surface area contributed by atoms with Crippen LogP contribution < -0.4 is 0 Å². The van der Waals surface area contributed by atoms with Crippen molar-refractivity contribution in [1.82, 2.24) is 9.29 Å². The van der Waals surface area contributed by atoms with Crippen molar-refractivity contribution in [3.63, 3.8) is 0 Å². The molecular formula is C15H15N3O2S. The van der Waals surface area contributed by atoms with Crippen LogP contribution in [0.5, 0.6) is 0 Å². The number of H-pyrrole nitrogens is 1. The molecule has 1 aliphatic heterocycles. The molecule has 2 heterocycles. The third kappa shape index (κ3) is 2.35. The van der Waals surface area contributed by atoms with E-state index in [4.69, 9.17) is 5.26 Å². The maximum absolute atomic E-state index is 12.9. The van der Waals surface area contributed by atoms with Crippen LogP contribution >= 0.6 is 0 Å². The number of aromatic nitrogens is 1. The maximum atomic E-state index is 12.9. The number of sulfonamides is 1. The number of nitrogens with one attached hydrogen (secondary N) is 1. The van der Waals surface area contributed by atoms with Gasteiger partial charge in [0.05, 0.1) is 16.5 Å². The summed E-state index contributed by atoms with van der Waals surface area (Å²) in [6.45, 7) is 0.478. The van der Waals surface area contributed by atoms with Gasteiger partial charge < -0.3 is 4.98 Å². The second-order valence-corrected chi connectivity index (χ2v) is 6.87. The maximum Gasteiger partial charge on any atom is 0.245 e. The summed E-state index contributed by atoms with van der Waals surface area (Å²) in [6, 6.07) is 11.9. The molecule has 0 amide bonds. The molecule has 1 saturated heterocycles. The number of rotatable bonds is 3. The highest BCUT2D eigenvalue weighted by Gasteiger charge is 2.37. The first-order valence-corrected chi connectivity index (χ1v) is 8.23. The first-order valence-electron chi connectivity index (χ1n) is 6.79. The molecule has 3 rings (SSSR count). The Morgan fingerprint density at radius 2 is 2.05 bits per heavy atom. The van der Waals surface area contributed by atoms with Crippen molar-refractivity contribution in [2.24, 2.45) is 0 Å². The first-order chi connectivity index (χ1) is 10.1. The molecule has 2 aromatic rings. The highest BCUT2D eigenvalue weighted by atomic mass is 32.2. The minimum atomic E-state index is -3.67. The van der Waals surface area contributed by atoms with Gasteiger partial charge in [-0.05, 0) is 37.1 Å². The molecule has 6 heteroatoms. The summed E-state index contributed by atoms with van der Waals surface area (Å²) >= 11 is 0. The van der Waals surface area contributed by atoms with Crippen LogP contribution in [0.1, 0.15) is 30.1 Å². The van der Waals surface area contributed by atoms with Crippen LogP contribution in [0, 0.1) is 11.3 Å². The molecule has 5 nitrogen and oxygen atoms in total. The number of hydrogen-bond donors (Lipinski definition) is 1. The molecule has 1 aromatic heterocycles. The number of aromatic amines is 1. The molecule has 1 fully saturated rings. The summed E-state index contributed by atoms with van der Waals surface area (Å²) in [6.07, 6.45) is 3.40. The molecule has 1 aromatic carbocycles. The standard InChI is InChI=1S/C15H15N3O2S/c16-11-12-5-1-2-8-15(12)21(19,20)18-10-4-7-14(18)13-6-3-9-17-13/h1-3,5-6,8-9,14,17H,4,7,10H2. The fourth-order valence-electron chi connectivity index (χ4n) is 2.80. The number of nitrogens with zero attached hydrogens (tertiary/aromatic N) is 2. The van der Waals surface area contributed by atoms with Crippen molar-refractivity contribution in [1.29, 1.82) is 5.26 Å². The van der Waals surface area contributed by atoms with E-state index in [1.807, 2.05) is 18.2 Å². The lowest BCUT2D eigenvalue weighted by Crippen LogP contribution is -2.31. The van der Waals surface area contributed by atoms with E-state index in [9.17, 15) is 8.42 Å². The van der Waals surface area contributed by atoms with Crippen molar-refractivity contribution in [3.05, 3.63) is 53.9 Å². The van der Waals surface area contributed by atoms with E-state index in [2.05, 4.69) is 4.98 Å². The Morgan fingerprint density at radius 3 is 2.76 bits per heavy atom. The predicted octanol–water partition coefficient (Wildman–Crippen LogP) is 2.41. The Bertz CT molecular complexity index is 776. The van der Waals surface area contributed by atoms with Gasteiger partial charge in [0.15, 0.2) is 0 Å². The molecule has 21 heavy (non-hydrogen) atoms. The van der Waals surface area contributed by atoms with E-state index in [1.54, 1.807) is 18.3 Å². The Kier molecular flexibility index (Phi) is 3.53. The van der Waals surface area contributed by atoms with Gasteiger partial charge in [0.1, 0.15) is 6.07 Å². The average molecular weight is 301 g/mol. The van der Waals surface area contributed by atoms with E-state index in [0.29, 0.717) is 6.54 Å². The lowest BCUT2D eigenvalue weighted by atomic mass is 10.2. The zero-order valence-corrected chi connectivity index (χ0v) is 12.2. The van der Waals surface area contributed by atoms with Gasteiger partial charge in [0.25, 0.3) is 0 Å². The van der Waals surface area contributed by atoms with Crippen LogP contribution in [-0.4, -0.2) is 24.3 Å². The van der Waals surface area contributed by atoms with Crippen LogP contribution in [0.4, 0.5) is 0 Å². The zero-order valence-electron chi connectivity index (χ0n) is 11.4. The molecule has 0 spiro atoms. The lowest BCUT2D eigenvalue weighted by molar-refractivity contribution is 0.391. The summed E-state index contributed by atoms with van der Waals surface area (Å²) in [5.41, 5.74) is 1.08. The Balaban J connectivity index is 2.04. The molecule has 0 aliphatic carbocycles. The smallest absolute Gasteiger partial charge is 0.245 e. The Morgan fingerprint density at radius 1 is 1.24 bits per heavy atom. The second-order valence-electron chi connectivity index (χ2n) is 5.01. The van der Waals surface area contributed by atoms with E-state index >= 15 is 0 Å². The fraction of sp³-hybridized carbons (Fsp3) is 0.267. The largest absolute Gasteiger partial charge is 0.364 e. The van der Waals surface area contributed by atoms with Gasteiger partial charge in [-0.25, -0.2) is 8.42 Å². The lowest BCUT2D eigenvalue weighted by Gasteiger charge is -2.23. The topological polar surface area (TPSA) is 77.0 Å². The molecule has 0 bridgehead atoms. The fourth-order valence-corrected chi connectivity index (χ4v) is 4.62. The third-order valence-electron chi connectivity index (χ3n) is 3.78. The second kappa shape index (κ2) is 5.35. The first kappa shape index (κ1) is 13.9. The monoisotopic (exact) mass is 301 g/mol. The van der Waals surface area contributed by atoms with E-state index in [0.717, 1.165) is 18.5 Å². The van der Waals surface area contributed by atoms with Crippen molar-refractivity contribution in [2.75, 3.05) is 6.54 Å². The highest BCUT2D eigenvalue weighted by molar-refractivity contribution is 7.89. The Hall–Kier alpha value is -2.10. The van der Waals surface area contributed by atoms with Crippen LogP contribution in [0.2, 0.25) is 0 Å².